The molecule has 0 radical (unpaired) electrons. The number of hydrogen-bond donors (Lipinski definition) is 3. The first kappa shape index (κ1) is 22.0. The van der Waals surface area contributed by atoms with Crippen LogP contribution in [0.25, 0.3) is 0 Å². The first-order chi connectivity index (χ1) is 11.2. The van der Waals surface area contributed by atoms with Crippen LogP contribution in [0, 0.1) is 5.92 Å². The van der Waals surface area contributed by atoms with Crippen molar-refractivity contribution in [1.82, 2.24) is 4.72 Å². The highest BCUT2D eigenvalue weighted by Crippen LogP contribution is 2.32. The van der Waals surface area contributed by atoms with Crippen molar-refractivity contribution >= 4 is 38.1 Å². The Labute approximate surface area is 155 Å². The molecule has 11 heteroatoms. The average molecular weight is 414 g/mol. The first-order valence-electron chi connectivity index (χ1n) is 7.62. The van der Waals surface area contributed by atoms with E-state index in [9.17, 15) is 16.8 Å². The molecule has 4 N–H and O–H groups in total. The summed E-state index contributed by atoms with van der Waals surface area (Å²) in [5.41, 5.74) is 5.86. The Balaban J connectivity index is 0.00000312. The molecule has 1 atom stereocenters. The SMILES string of the molecule is CCS(=O)(=O)Nc1cc(OC)ccc1S(=O)(=O)NCC(N)C1CC1.Cl. The maximum absolute atomic E-state index is 12.5. The zero-order chi connectivity index (χ0) is 18.0. The third kappa shape index (κ3) is 6.00. The summed E-state index contributed by atoms with van der Waals surface area (Å²) < 4.78 is 58.5. The Kier molecular flexibility index (Phi) is 7.51. The highest BCUT2D eigenvalue weighted by atomic mass is 35.5. The largest absolute Gasteiger partial charge is 0.497 e. The third-order valence-corrected chi connectivity index (χ3v) is 6.63. The number of methoxy groups -OCH3 is 1. The lowest BCUT2D eigenvalue weighted by Gasteiger charge is -2.16. The maximum atomic E-state index is 12.5. The van der Waals surface area contributed by atoms with Crippen LogP contribution in [0.2, 0.25) is 0 Å². The molecule has 8 nitrogen and oxygen atoms in total. The van der Waals surface area contributed by atoms with Crippen molar-refractivity contribution in [2.24, 2.45) is 11.7 Å². The van der Waals surface area contributed by atoms with E-state index in [2.05, 4.69) is 9.44 Å². The van der Waals surface area contributed by atoms with Crippen LogP contribution in [0.1, 0.15) is 19.8 Å². The first-order valence-corrected chi connectivity index (χ1v) is 10.8. The van der Waals surface area contributed by atoms with Gasteiger partial charge in [0.2, 0.25) is 20.0 Å². The number of sulfonamides is 2. The summed E-state index contributed by atoms with van der Waals surface area (Å²) in [7, 11) is -6.14. The molecule has 0 heterocycles. The van der Waals surface area contributed by atoms with Gasteiger partial charge in [0, 0.05) is 18.7 Å². The summed E-state index contributed by atoms with van der Waals surface area (Å²) in [4.78, 5) is -0.164. The molecule has 2 rings (SSSR count). The van der Waals surface area contributed by atoms with Gasteiger partial charge < -0.3 is 10.5 Å². The number of halogens is 1. The van der Waals surface area contributed by atoms with Crippen LogP contribution >= 0.6 is 12.4 Å². The van der Waals surface area contributed by atoms with Crippen molar-refractivity contribution < 1.29 is 21.6 Å². The second kappa shape index (κ2) is 8.54. The van der Waals surface area contributed by atoms with Crippen LogP contribution in [0.3, 0.4) is 0 Å². The monoisotopic (exact) mass is 413 g/mol. The number of nitrogens with two attached hydrogens (primary N) is 1. The van der Waals surface area contributed by atoms with E-state index >= 15 is 0 Å². The van der Waals surface area contributed by atoms with Gasteiger partial charge in [0.1, 0.15) is 10.6 Å². The van der Waals surface area contributed by atoms with Crippen molar-refractivity contribution in [1.29, 1.82) is 0 Å². The molecule has 0 aromatic heterocycles. The molecular weight excluding hydrogens is 390 g/mol. The van der Waals surface area contributed by atoms with Gasteiger partial charge in [-0.05, 0) is 37.8 Å². The van der Waals surface area contributed by atoms with Crippen LogP contribution in [0.15, 0.2) is 23.1 Å². The van der Waals surface area contributed by atoms with E-state index in [1.807, 2.05) is 0 Å². The lowest BCUT2D eigenvalue weighted by Crippen LogP contribution is -2.38. The van der Waals surface area contributed by atoms with Gasteiger partial charge in [-0.15, -0.1) is 12.4 Å². The van der Waals surface area contributed by atoms with Crippen LogP contribution in [-0.2, 0) is 20.0 Å². The Hall–Kier alpha value is -1.07. The fraction of sp³-hybridized carbons (Fsp3) is 0.571. The normalized spacial score (nSPS) is 16.0. The number of rotatable bonds is 9. The number of benzene rings is 1. The Bertz CT molecular complexity index is 795. The predicted molar refractivity (Wildman–Crippen MR) is 99.2 cm³/mol. The topological polar surface area (TPSA) is 128 Å². The maximum Gasteiger partial charge on any atom is 0.242 e. The van der Waals surface area contributed by atoms with Gasteiger partial charge >= 0.3 is 0 Å². The molecule has 0 aliphatic heterocycles. The fourth-order valence-corrected chi connectivity index (χ4v) is 4.09. The van der Waals surface area contributed by atoms with Crippen molar-refractivity contribution in [3.8, 4) is 5.75 Å². The zero-order valence-electron chi connectivity index (χ0n) is 14.1. The van der Waals surface area contributed by atoms with E-state index in [0.29, 0.717) is 11.7 Å². The highest BCUT2D eigenvalue weighted by molar-refractivity contribution is 7.93. The zero-order valence-corrected chi connectivity index (χ0v) is 16.5. The molecule has 1 fully saturated rings. The molecule has 1 aliphatic rings. The fourth-order valence-electron chi connectivity index (χ4n) is 2.16. The van der Waals surface area contributed by atoms with Gasteiger partial charge in [-0.25, -0.2) is 21.6 Å². The predicted octanol–water partition coefficient (Wildman–Crippen LogP) is 0.894. The van der Waals surface area contributed by atoms with Gasteiger partial charge in [0.05, 0.1) is 18.6 Å². The molecule has 144 valence electrons. The highest BCUT2D eigenvalue weighted by Gasteiger charge is 2.30. The van der Waals surface area contributed by atoms with Gasteiger partial charge in [0.25, 0.3) is 0 Å². The second-order valence-electron chi connectivity index (χ2n) is 5.72. The van der Waals surface area contributed by atoms with Crippen LogP contribution < -0.4 is 19.9 Å². The molecule has 25 heavy (non-hydrogen) atoms. The molecule has 1 unspecified atom stereocenters. The van der Waals surface area contributed by atoms with E-state index in [1.54, 1.807) is 0 Å². The standard InChI is InChI=1S/C14H23N3O5S2.ClH/c1-3-23(18,19)17-13-8-11(22-2)6-7-14(13)24(20,21)16-9-12(15)10-4-5-10;/h6-8,10,12,16-17H,3-5,9,15H2,1-2H3;1H. The molecule has 1 aliphatic carbocycles. The van der Waals surface area contributed by atoms with Crippen molar-refractivity contribution in [3.05, 3.63) is 18.2 Å². The molecular formula is C14H24ClN3O5S2. The lowest BCUT2D eigenvalue weighted by atomic mass is 10.2. The minimum absolute atomic E-state index is 0. The third-order valence-electron chi connectivity index (χ3n) is 3.86. The molecule has 1 aromatic rings. The quantitative estimate of drug-likeness (QED) is 0.551. The van der Waals surface area contributed by atoms with E-state index in [1.165, 1.54) is 32.2 Å². The molecule has 1 saturated carbocycles. The molecule has 0 bridgehead atoms. The van der Waals surface area contributed by atoms with Crippen LogP contribution in [-0.4, -0.2) is 42.3 Å². The van der Waals surface area contributed by atoms with Crippen LogP contribution in [0.4, 0.5) is 5.69 Å². The van der Waals surface area contributed by atoms with Crippen LogP contribution in [0.5, 0.6) is 5.75 Å². The smallest absolute Gasteiger partial charge is 0.242 e. The minimum Gasteiger partial charge on any atom is -0.497 e. The molecule has 1 aromatic carbocycles. The molecule has 0 saturated heterocycles. The van der Waals surface area contributed by atoms with Crippen molar-refractivity contribution in [3.63, 3.8) is 0 Å². The minimum atomic E-state index is -3.91. The van der Waals surface area contributed by atoms with Gasteiger partial charge in [-0.3, -0.25) is 4.72 Å². The average Bonchev–Trinajstić information content (AvgIpc) is 3.37. The number of ether oxygens (including phenoxy) is 1. The summed E-state index contributed by atoms with van der Waals surface area (Å²) in [5, 5.41) is 0. The van der Waals surface area contributed by atoms with Gasteiger partial charge in [-0.1, -0.05) is 0 Å². The van der Waals surface area contributed by atoms with E-state index in [0.717, 1.165) is 12.8 Å². The Morgan fingerprint density at radius 3 is 2.44 bits per heavy atom. The summed E-state index contributed by atoms with van der Waals surface area (Å²) >= 11 is 0. The van der Waals surface area contributed by atoms with E-state index in [-0.39, 0.29) is 41.3 Å². The molecule has 0 spiro atoms. The lowest BCUT2D eigenvalue weighted by molar-refractivity contribution is 0.414. The van der Waals surface area contributed by atoms with Crippen molar-refractivity contribution in [2.45, 2.75) is 30.7 Å². The Morgan fingerprint density at radius 1 is 1.28 bits per heavy atom. The number of anilines is 1. The van der Waals surface area contributed by atoms with E-state index in [4.69, 9.17) is 10.5 Å². The molecule has 0 amide bonds. The number of nitrogens with one attached hydrogen (secondary N) is 2. The van der Waals surface area contributed by atoms with E-state index < -0.39 is 20.0 Å². The van der Waals surface area contributed by atoms with Crippen molar-refractivity contribution in [2.75, 3.05) is 24.1 Å². The summed E-state index contributed by atoms with van der Waals surface area (Å²) in [5.74, 6) is 0.517. The second-order valence-corrected chi connectivity index (χ2v) is 9.47. The number of hydrogen-bond acceptors (Lipinski definition) is 6. The summed E-state index contributed by atoms with van der Waals surface area (Å²) in [6.07, 6.45) is 2.01. The summed E-state index contributed by atoms with van der Waals surface area (Å²) in [6, 6.07) is 3.85. The van der Waals surface area contributed by atoms with Gasteiger partial charge in [0.15, 0.2) is 0 Å². The Morgan fingerprint density at radius 2 is 1.92 bits per heavy atom. The van der Waals surface area contributed by atoms with Gasteiger partial charge in [-0.2, -0.15) is 0 Å². The summed E-state index contributed by atoms with van der Waals surface area (Å²) in [6.45, 7) is 1.57.